The van der Waals surface area contributed by atoms with Gasteiger partial charge in [-0.05, 0) is 6.07 Å². The minimum Gasteiger partial charge on any atom is -0.756 e. The molecule has 0 aromatic carbocycles. The smallest absolute Gasteiger partial charge is 0.352 e. The number of hydrogen-bond acceptors (Lipinski definition) is 8. The largest absolute Gasteiger partial charge is 0.756 e. The second-order valence-corrected chi connectivity index (χ2v) is 5.60. The van der Waals surface area contributed by atoms with Crippen LogP contribution in [0.3, 0.4) is 0 Å². The summed E-state index contributed by atoms with van der Waals surface area (Å²) in [6, 6.07) is 1.34. The van der Waals surface area contributed by atoms with Crippen molar-refractivity contribution in [1.29, 1.82) is 0 Å². The fourth-order valence-corrected chi connectivity index (χ4v) is 2.06. The van der Waals surface area contributed by atoms with Gasteiger partial charge in [0, 0.05) is 6.20 Å². The van der Waals surface area contributed by atoms with E-state index in [9.17, 15) is 19.4 Å². The normalized spacial score (nSPS) is 20.0. The number of phosphoric ester groups is 1. The second-order valence-electron chi connectivity index (χ2n) is 4.40. The number of ether oxygens (including phenoxy) is 1. The topological polar surface area (TPSA) is 198 Å². The van der Waals surface area contributed by atoms with E-state index in [1.54, 1.807) is 0 Å². The minimum absolute atomic E-state index is 0.00226. The molecule has 126 valence electrons. The lowest BCUT2D eigenvalue weighted by Crippen LogP contribution is -2.27. The first kappa shape index (κ1) is 17.0. The van der Waals surface area contributed by atoms with Gasteiger partial charge in [-0.25, -0.2) is 4.79 Å². The van der Waals surface area contributed by atoms with Gasteiger partial charge >= 0.3 is 5.69 Å². The van der Waals surface area contributed by atoms with Crippen LogP contribution >= 0.6 is 7.82 Å². The maximum Gasteiger partial charge on any atom is 0.352 e. The zero-order chi connectivity index (χ0) is 17.2. The second kappa shape index (κ2) is 6.38. The molecule has 12 nitrogen and oxygen atoms in total. The molecular formula is C10H13N5O7P-. The number of phosphoric acid groups is 1. The lowest BCUT2D eigenvalue weighted by atomic mass is 10.3. The zero-order valence-electron chi connectivity index (χ0n) is 11.5. The fourth-order valence-electron chi connectivity index (χ4n) is 1.78. The highest BCUT2D eigenvalue weighted by Crippen LogP contribution is 2.35. The average molecular weight is 346 g/mol. The van der Waals surface area contributed by atoms with E-state index in [-0.39, 0.29) is 29.7 Å². The van der Waals surface area contributed by atoms with Crippen molar-refractivity contribution >= 4 is 19.6 Å². The number of aliphatic imine (C=N–C) groups is 1. The lowest BCUT2D eigenvalue weighted by Gasteiger charge is -2.17. The van der Waals surface area contributed by atoms with Crippen LogP contribution in [0.2, 0.25) is 0 Å². The van der Waals surface area contributed by atoms with Crippen LogP contribution in [0.15, 0.2) is 33.6 Å². The quantitative estimate of drug-likeness (QED) is 0.271. The Morgan fingerprint density at radius 3 is 2.91 bits per heavy atom. The van der Waals surface area contributed by atoms with Crippen LogP contribution < -0.4 is 22.1 Å². The molecule has 0 spiro atoms. The third kappa shape index (κ3) is 4.53. The number of aliphatic hydroxyl groups is 1. The third-order valence-electron chi connectivity index (χ3n) is 2.70. The van der Waals surface area contributed by atoms with E-state index >= 15 is 0 Å². The first-order valence-corrected chi connectivity index (χ1v) is 7.60. The molecule has 2 rings (SSSR count). The molecule has 6 N–H and O–H groups in total. The van der Waals surface area contributed by atoms with Crippen molar-refractivity contribution in [2.75, 3.05) is 6.61 Å². The van der Waals surface area contributed by atoms with Crippen LogP contribution in [-0.4, -0.2) is 32.1 Å². The molecule has 0 saturated carbocycles. The Balaban J connectivity index is 2.12. The van der Waals surface area contributed by atoms with Crippen molar-refractivity contribution in [2.45, 2.75) is 12.6 Å². The first-order valence-electron chi connectivity index (χ1n) is 6.10. The summed E-state index contributed by atoms with van der Waals surface area (Å²) in [5, 5.41) is 9.69. The van der Waals surface area contributed by atoms with Gasteiger partial charge in [0.25, 0.3) is 7.82 Å². The maximum atomic E-state index is 11.9. The Bertz CT molecular complexity index is 763. The predicted molar refractivity (Wildman–Crippen MR) is 74.1 cm³/mol. The van der Waals surface area contributed by atoms with Crippen molar-refractivity contribution in [1.82, 2.24) is 9.55 Å². The Morgan fingerprint density at radius 2 is 2.35 bits per heavy atom. The summed E-state index contributed by atoms with van der Waals surface area (Å²) in [7, 11) is -4.96. The number of aliphatic hydroxyl groups excluding tert-OH is 1. The van der Waals surface area contributed by atoms with Crippen molar-refractivity contribution in [2.24, 2.45) is 16.5 Å². The van der Waals surface area contributed by atoms with Gasteiger partial charge in [0.05, 0.1) is 6.42 Å². The van der Waals surface area contributed by atoms with Gasteiger partial charge in [0.15, 0.2) is 23.8 Å². The van der Waals surface area contributed by atoms with Crippen LogP contribution in [0.4, 0.5) is 5.82 Å². The number of nitrogens with two attached hydrogens (primary N) is 2. The Labute approximate surface area is 128 Å². The summed E-state index contributed by atoms with van der Waals surface area (Å²) in [5.41, 5.74) is 9.60. The zero-order valence-corrected chi connectivity index (χ0v) is 12.4. The molecule has 0 fully saturated rings. The molecule has 0 bridgehead atoms. The highest BCUT2D eigenvalue weighted by molar-refractivity contribution is 7.44. The number of guanidine groups is 1. The molecule has 1 aliphatic heterocycles. The molecule has 1 aromatic rings. The van der Waals surface area contributed by atoms with Crippen molar-refractivity contribution in [3.8, 4) is 0 Å². The molecule has 2 heterocycles. The van der Waals surface area contributed by atoms with Crippen molar-refractivity contribution < 1.29 is 28.7 Å². The van der Waals surface area contributed by atoms with E-state index in [2.05, 4.69) is 14.5 Å². The summed E-state index contributed by atoms with van der Waals surface area (Å²) in [4.78, 5) is 38.2. The van der Waals surface area contributed by atoms with E-state index < -0.39 is 26.3 Å². The van der Waals surface area contributed by atoms with E-state index in [0.29, 0.717) is 0 Å². The van der Waals surface area contributed by atoms with Crippen LogP contribution in [-0.2, 0) is 13.8 Å². The van der Waals surface area contributed by atoms with Crippen LogP contribution in [0.5, 0.6) is 0 Å². The van der Waals surface area contributed by atoms with Gasteiger partial charge in [-0.2, -0.15) is 9.98 Å². The molecule has 1 unspecified atom stereocenters. The van der Waals surface area contributed by atoms with Gasteiger partial charge in [0.2, 0.25) is 0 Å². The summed E-state index contributed by atoms with van der Waals surface area (Å²) in [6.45, 7) is -0.701. The third-order valence-corrected chi connectivity index (χ3v) is 3.15. The molecule has 13 heteroatoms. The van der Waals surface area contributed by atoms with Gasteiger partial charge in [0.1, 0.15) is 12.4 Å². The molecule has 2 atom stereocenters. The SMILES string of the molecule is NC(N)=Nc1ccn([C@H]2CC(O)=C(COP(=O)([O-])O)O2)c(=O)n1. The average Bonchev–Trinajstić information content (AvgIpc) is 2.76. The Kier molecular flexibility index (Phi) is 4.71. The van der Waals surface area contributed by atoms with E-state index in [4.69, 9.17) is 21.1 Å². The number of rotatable bonds is 5. The molecule has 0 radical (unpaired) electrons. The van der Waals surface area contributed by atoms with Gasteiger partial charge in [-0.15, -0.1) is 0 Å². The molecular weight excluding hydrogens is 333 g/mol. The van der Waals surface area contributed by atoms with Gasteiger partial charge < -0.3 is 35.6 Å². The first-order chi connectivity index (χ1) is 10.7. The summed E-state index contributed by atoms with van der Waals surface area (Å²) in [6.07, 6.45) is 0.228. The van der Waals surface area contributed by atoms with E-state index in [1.807, 2.05) is 0 Å². The fraction of sp³-hybridized carbons (Fsp3) is 0.300. The lowest BCUT2D eigenvalue weighted by molar-refractivity contribution is -0.219. The van der Waals surface area contributed by atoms with Gasteiger partial charge in [-0.1, -0.05) is 0 Å². The molecule has 0 aliphatic carbocycles. The van der Waals surface area contributed by atoms with Crippen molar-refractivity contribution in [3.05, 3.63) is 34.3 Å². The maximum absolute atomic E-state index is 11.9. The predicted octanol–water partition coefficient (Wildman–Crippen LogP) is -1.69. The number of nitrogens with zero attached hydrogens (tertiary/aromatic N) is 3. The molecule has 1 aliphatic rings. The molecule has 0 saturated heterocycles. The highest BCUT2D eigenvalue weighted by atomic mass is 31.2. The highest BCUT2D eigenvalue weighted by Gasteiger charge is 2.28. The number of hydrogen-bond donors (Lipinski definition) is 4. The van der Waals surface area contributed by atoms with Crippen LogP contribution in [0.1, 0.15) is 12.6 Å². The van der Waals surface area contributed by atoms with Crippen LogP contribution in [0, 0.1) is 0 Å². The summed E-state index contributed by atoms with van der Waals surface area (Å²) < 4.78 is 20.9. The monoisotopic (exact) mass is 346 g/mol. The molecule has 23 heavy (non-hydrogen) atoms. The molecule has 1 aromatic heterocycles. The van der Waals surface area contributed by atoms with Crippen LogP contribution in [0.25, 0.3) is 0 Å². The number of aromatic nitrogens is 2. The van der Waals surface area contributed by atoms with Gasteiger partial charge in [-0.3, -0.25) is 9.13 Å². The Morgan fingerprint density at radius 1 is 1.65 bits per heavy atom. The Hall–Kier alpha value is -2.40. The van der Waals surface area contributed by atoms with Crippen molar-refractivity contribution in [3.63, 3.8) is 0 Å². The summed E-state index contributed by atoms with van der Waals surface area (Å²) >= 11 is 0. The van der Waals surface area contributed by atoms with E-state index in [0.717, 1.165) is 4.57 Å². The minimum atomic E-state index is -4.96. The summed E-state index contributed by atoms with van der Waals surface area (Å²) in [5.74, 6) is -0.807. The standard InChI is InChI=1S/C10H14N5O7P/c11-9(12)13-7-1-2-15(10(17)14-7)8-3-5(16)6(22-8)4-21-23(18,19)20/h1-2,8,16H,3-4H2,(H2,18,19,20)(H4,11,12,13,14,17)/p-1/t8-/m1/s1. The van der Waals surface area contributed by atoms with E-state index in [1.165, 1.54) is 12.3 Å². The molecule has 0 amide bonds.